The first-order chi connectivity index (χ1) is 6.45. The van der Waals surface area contributed by atoms with Crippen molar-refractivity contribution in [2.75, 3.05) is 12.4 Å². The van der Waals surface area contributed by atoms with E-state index in [1.807, 2.05) is 12.1 Å². The predicted octanol–water partition coefficient (Wildman–Crippen LogP) is 2.87. The van der Waals surface area contributed by atoms with Gasteiger partial charge in [-0.15, -0.1) is 11.3 Å². The van der Waals surface area contributed by atoms with Gasteiger partial charge in [0.05, 0.1) is 15.9 Å². The number of methoxy groups -OCH3 is 1. The van der Waals surface area contributed by atoms with Crippen molar-refractivity contribution in [3.05, 3.63) is 15.9 Å². The molecule has 78 valence electrons. The highest BCUT2D eigenvalue weighted by molar-refractivity contribution is 9.11. The highest BCUT2D eigenvalue weighted by atomic mass is 79.9. The van der Waals surface area contributed by atoms with Crippen LogP contribution in [0, 0.1) is 0 Å². The lowest BCUT2D eigenvalue weighted by Gasteiger charge is -2.23. The molecule has 0 aliphatic carbocycles. The van der Waals surface area contributed by atoms with Crippen LogP contribution in [-0.4, -0.2) is 18.6 Å². The maximum atomic E-state index is 11.4. The van der Waals surface area contributed by atoms with Gasteiger partial charge in [0.1, 0.15) is 5.54 Å². The van der Waals surface area contributed by atoms with Crippen LogP contribution in [0.3, 0.4) is 0 Å². The van der Waals surface area contributed by atoms with Crippen LogP contribution in [0.15, 0.2) is 15.9 Å². The molecule has 5 heteroatoms. The SMILES string of the molecule is COC(=O)C(C)(C)Nc1ccc(Br)s1. The summed E-state index contributed by atoms with van der Waals surface area (Å²) in [5.41, 5.74) is -0.695. The molecule has 0 aliphatic heterocycles. The number of hydrogen-bond acceptors (Lipinski definition) is 4. The molecule has 0 saturated carbocycles. The molecule has 3 nitrogen and oxygen atoms in total. The second-order valence-corrected chi connectivity index (χ2v) is 5.81. The number of nitrogens with one attached hydrogen (secondary N) is 1. The Kier molecular flexibility index (Phi) is 3.55. The van der Waals surface area contributed by atoms with E-state index in [2.05, 4.69) is 26.0 Å². The van der Waals surface area contributed by atoms with Gasteiger partial charge in [-0.1, -0.05) is 0 Å². The number of halogens is 1. The Morgan fingerprint density at radius 1 is 1.57 bits per heavy atom. The monoisotopic (exact) mass is 277 g/mol. The summed E-state index contributed by atoms with van der Waals surface area (Å²) < 4.78 is 5.71. The number of carbonyl (C=O) groups excluding carboxylic acids is 1. The quantitative estimate of drug-likeness (QED) is 0.864. The van der Waals surface area contributed by atoms with Crippen LogP contribution in [0.4, 0.5) is 5.00 Å². The van der Waals surface area contributed by atoms with Crippen molar-refractivity contribution in [1.29, 1.82) is 0 Å². The Morgan fingerprint density at radius 2 is 2.21 bits per heavy atom. The van der Waals surface area contributed by atoms with Gasteiger partial charge in [0.2, 0.25) is 0 Å². The molecule has 0 saturated heterocycles. The fourth-order valence-corrected chi connectivity index (χ4v) is 2.44. The van der Waals surface area contributed by atoms with Crippen molar-refractivity contribution in [2.45, 2.75) is 19.4 Å². The van der Waals surface area contributed by atoms with Crippen LogP contribution in [0.5, 0.6) is 0 Å². The van der Waals surface area contributed by atoms with Gasteiger partial charge in [0.25, 0.3) is 0 Å². The van der Waals surface area contributed by atoms with Crippen LogP contribution in [0.25, 0.3) is 0 Å². The Hall–Kier alpha value is -0.550. The molecule has 1 N–H and O–H groups in total. The number of hydrogen-bond donors (Lipinski definition) is 1. The van der Waals surface area contributed by atoms with Crippen LogP contribution in [0.2, 0.25) is 0 Å². The fourth-order valence-electron chi connectivity index (χ4n) is 0.996. The molecular formula is C9H12BrNO2S. The summed E-state index contributed by atoms with van der Waals surface area (Å²) in [6.45, 7) is 3.57. The zero-order valence-electron chi connectivity index (χ0n) is 8.26. The molecule has 0 aromatic carbocycles. The van der Waals surface area contributed by atoms with E-state index in [1.54, 1.807) is 25.2 Å². The van der Waals surface area contributed by atoms with Crippen LogP contribution in [0.1, 0.15) is 13.8 Å². The molecule has 1 rings (SSSR count). The van der Waals surface area contributed by atoms with Gasteiger partial charge in [0, 0.05) is 0 Å². The maximum absolute atomic E-state index is 11.4. The van der Waals surface area contributed by atoms with E-state index in [4.69, 9.17) is 0 Å². The summed E-state index contributed by atoms with van der Waals surface area (Å²) in [5.74, 6) is -0.276. The number of rotatable bonds is 3. The third-order valence-corrected chi connectivity index (χ3v) is 3.24. The first-order valence-corrected chi connectivity index (χ1v) is 5.68. The number of anilines is 1. The molecule has 0 radical (unpaired) electrons. The Morgan fingerprint density at radius 3 is 2.64 bits per heavy atom. The first kappa shape index (κ1) is 11.5. The average molecular weight is 278 g/mol. The van der Waals surface area contributed by atoms with Gasteiger partial charge in [-0.3, -0.25) is 0 Å². The Balaban J connectivity index is 2.72. The summed E-state index contributed by atoms with van der Waals surface area (Å²) in [7, 11) is 1.39. The molecule has 0 amide bonds. The minimum absolute atomic E-state index is 0.276. The summed E-state index contributed by atoms with van der Waals surface area (Å²) in [6.07, 6.45) is 0. The lowest BCUT2D eigenvalue weighted by Crippen LogP contribution is -2.40. The van der Waals surface area contributed by atoms with Crippen LogP contribution < -0.4 is 5.32 Å². The number of thiophene rings is 1. The normalized spacial score (nSPS) is 11.1. The lowest BCUT2D eigenvalue weighted by atomic mass is 10.1. The molecule has 14 heavy (non-hydrogen) atoms. The van der Waals surface area contributed by atoms with Crippen molar-refractivity contribution >= 4 is 38.2 Å². The van der Waals surface area contributed by atoms with Crippen molar-refractivity contribution < 1.29 is 9.53 Å². The van der Waals surface area contributed by atoms with E-state index >= 15 is 0 Å². The molecule has 0 fully saturated rings. The second-order valence-electron chi connectivity index (χ2n) is 3.35. The van der Waals surface area contributed by atoms with Gasteiger partial charge in [-0.25, -0.2) is 4.79 Å². The highest BCUT2D eigenvalue weighted by Gasteiger charge is 2.28. The van der Waals surface area contributed by atoms with Gasteiger partial charge < -0.3 is 10.1 Å². The zero-order valence-corrected chi connectivity index (χ0v) is 10.7. The summed E-state index contributed by atoms with van der Waals surface area (Å²) >= 11 is 4.90. The molecule has 1 aromatic rings. The van der Waals surface area contributed by atoms with Crippen molar-refractivity contribution in [1.82, 2.24) is 0 Å². The van der Waals surface area contributed by atoms with E-state index in [1.165, 1.54) is 7.11 Å². The van der Waals surface area contributed by atoms with Gasteiger partial charge >= 0.3 is 5.97 Å². The molecule has 0 bridgehead atoms. The molecule has 1 aromatic heterocycles. The number of carbonyl (C=O) groups is 1. The number of esters is 1. The third kappa shape index (κ3) is 2.72. The second kappa shape index (κ2) is 4.31. The van der Waals surface area contributed by atoms with Crippen molar-refractivity contribution in [2.24, 2.45) is 0 Å². The lowest BCUT2D eigenvalue weighted by molar-refractivity contribution is -0.144. The largest absolute Gasteiger partial charge is 0.467 e. The Bertz CT molecular complexity index is 335. The van der Waals surface area contributed by atoms with Crippen LogP contribution >= 0.6 is 27.3 Å². The van der Waals surface area contributed by atoms with E-state index in [0.29, 0.717) is 0 Å². The number of ether oxygens (including phenoxy) is 1. The highest BCUT2D eigenvalue weighted by Crippen LogP contribution is 2.28. The summed E-state index contributed by atoms with van der Waals surface area (Å²) in [4.78, 5) is 11.4. The van der Waals surface area contributed by atoms with E-state index in [0.717, 1.165) is 8.79 Å². The predicted molar refractivity (Wildman–Crippen MR) is 61.7 cm³/mol. The van der Waals surface area contributed by atoms with Gasteiger partial charge in [-0.2, -0.15) is 0 Å². The molecule has 0 aliphatic rings. The standard InChI is InChI=1S/C9H12BrNO2S/c1-9(2,8(12)13-3)11-7-5-4-6(10)14-7/h4-5,11H,1-3H3. The summed E-state index contributed by atoms with van der Waals surface area (Å²) in [6, 6.07) is 3.85. The van der Waals surface area contributed by atoms with E-state index < -0.39 is 5.54 Å². The average Bonchev–Trinajstić information content (AvgIpc) is 2.48. The van der Waals surface area contributed by atoms with Crippen molar-refractivity contribution in [3.8, 4) is 0 Å². The van der Waals surface area contributed by atoms with Gasteiger partial charge in [-0.05, 0) is 41.9 Å². The van der Waals surface area contributed by atoms with E-state index in [9.17, 15) is 4.79 Å². The molecule has 0 spiro atoms. The van der Waals surface area contributed by atoms with Crippen molar-refractivity contribution in [3.63, 3.8) is 0 Å². The van der Waals surface area contributed by atoms with Crippen LogP contribution in [-0.2, 0) is 9.53 Å². The minimum atomic E-state index is -0.695. The Labute approximate surface area is 95.6 Å². The first-order valence-electron chi connectivity index (χ1n) is 4.07. The minimum Gasteiger partial charge on any atom is -0.467 e. The summed E-state index contributed by atoms with van der Waals surface area (Å²) in [5, 5.41) is 4.04. The molecule has 0 unspecified atom stereocenters. The molecule has 0 atom stereocenters. The zero-order chi connectivity index (χ0) is 10.8. The smallest absolute Gasteiger partial charge is 0.330 e. The maximum Gasteiger partial charge on any atom is 0.330 e. The molecule has 1 heterocycles. The van der Waals surface area contributed by atoms with Gasteiger partial charge in [0.15, 0.2) is 0 Å². The van der Waals surface area contributed by atoms with E-state index in [-0.39, 0.29) is 5.97 Å². The topological polar surface area (TPSA) is 38.3 Å². The third-order valence-electron chi connectivity index (χ3n) is 1.70. The fraction of sp³-hybridized carbons (Fsp3) is 0.444. The molecular weight excluding hydrogens is 266 g/mol.